The van der Waals surface area contributed by atoms with Gasteiger partial charge in [-0.15, -0.1) is 11.3 Å². The molecule has 2 aromatic carbocycles. The van der Waals surface area contributed by atoms with Crippen LogP contribution in [0, 0.1) is 0 Å². The summed E-state index contributed by atoms with van der Waals surface area (Å²) in [7, 11) is 0. The van der Waals surface area contributed by atoms with E-state index in [1.165, 1.54) is 11.3 Å². The summed E-state index contributed by atoms with van der Waals surface area (Å²) in [5.41, 5.74) is 1.90. The van der Waals surface area contributed by atoms with E-state index in [-0.39, 0.29) is 30.8 Å². The van der Waals surface area contributed by atoms with Crippen LogP contribution in [0.5, 0.6) is 0 Å². The Morgan fingerprint density at radius 3 is 2.61 bits per heavy atom. The molecule has 2 amide bonds. The number of nitrogens with zero attached hydrogens (tertiary/aromatic N) is 2. The average molecular weight is 505 g/mol. The molecule has 0 aliphatic carbocycles. The Morgan fingerprint density at radius 1 is 1.12 bits per heavy atom. The first-order valence-corrected chi connectivity index (χ1v) is 12.3. The molecule has 2 N–H and O–H groups in total. The zero-order valence-corrected chi connectivity index (χ0v) is 20.8. The van der Waals surface area contributed by atoms with Crippen molar-refractivity contribution in [1.29, 1.82) is 0 Å². The first-order valence-electron chi connectivity index (χ1n) is 10.7. The highest BCUT2D eigenvalue weighted by Crippen LogP contribution is 2.32. The fourth-order valence-corrected chi connectivity index (χ4v) is 4.09. The first-order chi connectivity index (χ1) is 15.9. The molecule has 1 heterocycles. The second-order valence-corrected chi connectivity index (χ2v) is 9.25. The Bertz CT molecular complexity index is 1090. The van der Waals surface area contributed by atoms with E-state index in [9.17, 15) is 9.59 Å². The molecule has 3 aromatic rings. The van der Waals surface area contributed by atoms with Crippen LogP contribution < -0.4 is 10.6 Å². The summed E-state index contributed by atoms with van der Waals surface area (Å²) in [6.45, 7) is 4.65. The van der Waals surface area contributed by atoms with Gasteiger partial charge in [0, 0.05) is 30.9 Å². The van der Waals surface area contributed by atoms with E-state index in [1.807, 2.05) is 44.2 Å². The van der Waals surface area contributed by atoms with Crippen molar-refractivity contribution in [3.63, 3.8) is 0 Å². The molecule has 174 valence electrons. The third-order valence-electron chi connectivity index (χ3n) is 5.05. The zero-order valence-electron chi connectivity index (χ0n) is 18.5. The van der Waals surface area contributed by atoms with Gasteiger partial charge in [0.1, 0.15) is 5.69 Å². The van der Waals surface area contributed by atoms with Gasteiger partial charge in [-0.25, -0.2) is 4.98 Å². The van der Waals surface area contributed by atoms with Crippen molar-refractivity contribution in [2.75, 3.05) is 11.9 Å². The number of carbonyl (C=O) groups is 2. The minimum absolute atomic E-state index is 0.0774. The second kappa shape index (κ2) is 12.0. The van der Waals surface area contributed by atoms with Gasteiger partial charge in [-0.05, 0) is 31.0 Å². The van der Waals surface area contributed by atoms with Crippen LogP contribution in [-0.2, 0) is 11.3 Å². The van der Waals surface area contributed by atoms with Crippen LogP contribution in [0.1, 0.15) is 42.7 Å². The summed E-state index contributed by atoms with van der Waals surface area (Å²) in [6, 6.07) is 15.0. The van der Waals surface area contributed by atoms with Crippen molar-refractivity contribution in [3.8, 4) is 0 Å². The Balaban J connectivity index is 1.73. The van der Waals surface area contributed by atoms with E-state index < -0.39 is 0 Å². The number of amides is 2. The third-order valence-corrected chi connectivity index (χ3v) is 6.63. The molecule has 0 bridgehead atoms. The van der Waals surface area contributed by atoms with Crippen molar-refractivity contribution < 1.29 is 9.59 Å². The van der Waals surface area contributed by atoms with E-state index in [2.05, 4.69) is 15.6 Å². The molecule has 0 aliphatic rings. The fraction of sp³-hybridized carbons (Fsp3) is 0.292. The van der Waals surface area contributed by atoms with Gasteiger partial charge >= 0.3 is 0 Å². The Kier molecular flexibility index (Phi) is 9.11. The molecule has 0 spiro atoms. The highest BCUT2D eigenvalue weighted by Gasteiger charge is 2.21. The number of benzene rings is 2. The molecular formula is C24H26Cl2N4O2S. The van der Waals surface area contributed by atoms with Crippen LogP contribution in [0.2, 0.25) is 10.0 Å². The second-order valence-electron chi connectivity index (χ2n) is 7.60. The predicted molar refractivity (Wildman–Crippen MR) is 136 cm³/mol. The minimum Gasteiger partial charge on any atom is -0.354 e. The number of nitrogens with one attached hydrogen (secondary N) is 2. The zero-order chi connectivity index (χ0) is 23.8. The molecule has 0 saturated carbocycles. The molecule has 6 nitrogen and oxygen atoms in total. The highest BCUT2D eigenvalue weighted by atomic mass is 35.5. The lowest BCUT2D eigenvalue weighted by Gasteiger charge is -2.22. The summed E-state index contributed by atoms with van der Waals surface area (Å²) in [5, 5.41) is 9.09. The SMILES string of the molecule is CC[C@@H](C)NC(=O)CCN(Cc1ccccc1)C(=O)c1csc(Nc2cccc(Cl)c2Cl)n1. The molecule has 9 heteroatoms. The van der Waals surface area contributed by atoms with Gasteiger partial charge in [-0.3, -0.25) is 9.59 Å². The molecule has 33 heavy (non-hydrogen) atoms. The predicted octanol–water partition coefficient (Wildman–Crippen LogP) is 6.14. The van der Waals surface area contributed by atoms with E-state index in [0.29, 0.717) is 33.1 Å². The van der Waals surface area contributed by atoms with Gasteiger partial charge in [-0.2, -0.15) is 0 Å². The molecule has 1 aromatic heterocycles. The number of carbonyl (C=O) groups excluding carboxylic acids is 2. The van der Waals surface area contributed by atoms with Crippen molar-refractivity contribution in [2.24, 2.45) is 0 Å². The van der Waals surface area contributed by atoms with Crippen LogP contribution >= 0.6 is 34.5 Å². The van der Waals surface area contributed by atoms with Crippen LogP contribution in [-0.4, -0.2) is 34.3 Å². The number of hydrogen-bond donors (Lipinski definition) is 2. The van der Waals surface area contributed by atoms with Gasteiger partial charge in [-0.1, -0.05) is 66.5 Å². The Labute approximate surface area is 207 Å². The van der Waals surface area contributed by atoms with Gasteiger partial charge in [0.25, 0.3) is 5.91 Å². The van der Waals surface area contributed by atoms with Crippen LogP contribution in [0.4, 0.5) is 10.8 Å². The molecule has 0 aliphatic heterocycles. The molecule has 0 radical (unpaired) electrons. The normalized spacial score (nSPS) is 11.6. The number of thiazole rings is 1. The standard InChI is InChI=1S/C24H26Cl2N4O2S/c1-3-16(2)27-21(31)12-13-30(14-17-8-5-4-6-9-17)23(32)20-15-33-24(29-20)28-19-11-7-10-18(25)22(19)26/h4-11,15-16H,3,12-14H2,1-2H3,(H,27,31)(H,28,29)/t16-/m1/s1. The number of rotatable bonds is 10. The summed E-state index contributed by atoms with van der Waals surface area (Å²) < 4.78 is 0. The molecule has 0 saturated heterocycles. The van der Waals surface area contributed by atoms with Gasteiger partial charge < -0.3 is 15.5 Å². The van der Waals surface area contributed by atoms with Crippen molar-refractivity contribution in [2.45, 2.75) is 39.3 Å². The molecule has 0 fully saturated rings. The van der Waals surface area contributed by atoms with Crippen LogP contribution in [0.25, 0.3) is 0 Å². The maximum absolute atomic E-state index is 13.3. The lowest BCUT2D eigenvalue weighted by atomic mass is 10.2. The number of hydrogen-bond acceptors (Lipinski definition) is 5. The molecule has 0 unspecified atom stereocenters. The molecular weight excluding hydrogens is 479 g/mol. The van der Waals surface area contributed by atoms with Gasteiger partial charge in [0.2, 0.25) is 5.91 Å². The lowest BCUT2D eigenvalue weighted by Crippen LogP contribution is -2.37. The van der Waals surface area contributed by atoms with Crippen molar-refractivity contribution in [3.05, 3.63) is 75.2 Å². The minimum atomic E-state index is -0.239. The maximum Gasteiger partial charge on any atom is 0.273 e. The van der Waals surface area contributed by atoms with Crippen LogP contribution in [0.15, 0.2) is 53.9 Å². The number of anilines is 2. The van der Waals surface area contributed by atoms with Gasteiger partial charge in [0.15, 0.2) is 5.13 Å². The Hall–Kier alpha value is -2.61. The quantitative estimate of drug-likeness (QED) is 0.347. The smallest absolute Gasteiger partial charge is 0.273 e. The molecule has 1 atom stereocenters. The largest absolute Gasteiger partial charge is 0.354 e. The summed E-state index contributed by atoms with van der Waals surface area (Å²) in [4.78, 5) is 31.7. The number of halogens is 2. The third kappa shape index (κ3) is 7.19. The van der Waals surface area contributed by atoms with E-state index in [4.69, 9.17) is 23.2 Å². The first kappa shape index (κ1) is 25.0. The fourth-order valence-electron chi connectivity index (χ4n) is 3.05. The van der Waals surface area contributed by atoms with Crippen molar-refractivity contribution in [1.82, 2.24) is 15.2 Å². The average Bonchev–Trinajstić information content (AvgIpc) is 3.28. The molecule has 3 rings (SSSR count). The summed E-state index contributed by atoms with van der Waals surface area (Å²) >= 11 is 13.6. The maximum atomic E-state index is 13.3. The Morgan fingerprint density at radius 2 is 1.88 bits per heavy atom. The monoisotopic (exact) mass is 504 g/mol. The van der Waals surface area contributed by atoms with Crippen molar-refractivity contribution >= 4 is 57.2 Å². The number of aromatic nitrogens is 1. The van der Waals surface area contributed by atoms with E-state index >= 15 is 0 Å². The topological polar surface area (TPSA) is 74.3 Å². The van der Waals surface area contributed by atoms with E-state index in [0.717, 1.165) is 12.0 Å². The lowest BCUT2D eigenvalue weighted by molar-refractivity contribution is -0.121. The van der Waals surface area contributed by atoms with E-state index in [1.54, 1.807) is 28.5 Å². The highest BCUT2D eigenvalue weighted by molar-refractivity contribution is 7.14. The summed E-state index contributed by atoms with van der Waals surface area (Å²) in [5.74, 6) is -0.317. The summed E-state index contributed by atoms with van der Waals surface area (Å²) in [6.07, 6.45) is 1.07. The van der Waals surface area contributed by atoms with Crippen LogP contribution in [0.3, 0.4) is 0 Å². The van der Waals surface area contributed by atoms with Gasteiger partial charge in [0.05, 0.1) is 15.7 Å².